The summed E-state index contributed by atoms with van der Waals surface area (Å²) in [4.78, 5) is 11.8. The Kier molecular flexibility index (Phi) is 12.0. The quantitative estimate of drug-likeness (QED) is 0.482. The van der Waals surface area contributed by atoms with Crippen molar-refractivity contribution in [2.75, 3.05) is 13.2 Å². The Balaban J connectivity index is 0.00000264. The van der Waals surface area contributed by atoms with Crippen molar-refractivity contribution in [2.45, 2.75) is 13.8 Å². The molecule has 5 nitrogen and oxygen atoms in total. The van der Waals surface area contributed by atoms with E-state index in [-0.39, 0.29) is 35.5 Å². The first-order chi connectivity index (χ1) is 10.7. The minimum atomic E-state index is -2.30. The maximum absolute atomic E-state index is 11.8. The SMILES string of the molecule is CCOc1ccc(OP([O-])Oc2ccc(OCC)cc2)cc1.[Cl-].[Mg+2]. The summed E-state index contributed by atoms with van der Waals surface area (Å²) in [6.07, 6.45) is 0. The molecule has 0 aliphatic rings. The van der Waals surface area contributed by atoms with Crippen molar-refractivity contribution < 1.29 is 35.8 Å². The zero-order valence-corrected chi connectivity index (χ0v) is 16.7. The van der Waals surface area contributed by atoms with Crippen LogP contribution in [0.3, 0.4) is 0 Å². The molecule has 0 aliphatic carbocycles. The average Bonchev–Trinajstić information content (AvgIpc) is 2.52. The van der Waals surface area contributed by atoms with Crippen LogP contribution in [0.25, 0.3) is 0 Å². The number of ether oxygens (including phenoxy) is 2. The van der Waals surface area contributed by atoms with Crippen LogP contribution in [0.15, 0.2) is 48.5 Å². The van der Waals surface area contributed by atoms with Gasteiger partial charge in [0, 0.05) is 0 Å². The van der Waals surface area contributed by atoms with Crippen LogP contribution in [-0.2, 0) is 0 Å². The monoisotopic (exact) mass is 380 g/mol. The molecule has 0 N–H and O–H groups in total. The van der Waals surface area contributed by atoms with Gasteiger partial charge in [0.15, 0.2) is 0 Å². The van der Waals surface area contributed by atoms with Crippen LogP contribution in [-0.4, -0.2) is 36.3 Å². The first kappa shape index (κ1) is 23.1. The van der Waals surface area contributed by atoms with E-state index < -0.39 is 8.60 Å². The van der Waals surface area contributed by atoms with E-state index in [1.54, 1.807) is 48.5 Å². The smallest absolute Gasteiger partial charge is 1.00 e. The molecule has 0 radical (unpaired) electrons. The summed E-state index contributed by atoms with van der Waals surface area (Å²) in [5.41, 5.74) is 0. The van der Waals surface area contributed by atoms with Gasteiger partial charge in [-0.05, 0) is 62.4 Å². The van der Waals surface area contributed by atoms with E-state index in [1.165, 1.54) is 0 Å². The van der Waals surface area contributed by atoms with Crippen molar-refractivity contribution in [2.24, 2.45) is 0 Å². The number of rotatable bonds is 8. The summed E-state index contributed by atoms with van der Waals surface area (Å²) < 4.78 is 21.1. The second kappa shape index (κ2) is 12.4. The van der Waals surface area contributed by atoms with Crippen LogP contribution in [0.4, 0.5) is 0 Å². The van der Waals surface area contributed by atoms with Crippen molar-refractivity contribution in [1.82, 2.24) is 0 Å². The first-order valence-electron chi connectivity index (χ1n) is 7.00. The van der Waals surface area contributed by atoms with Crippen LogP contribution in [0.5, 0.6) is 23.0 Å². The van der Waals surface area contributed by atoms with Crippen LogP contribution >= 0.6 is 8.60 Å². The van der Waals surface area contributed by atoms with Gasteiger partial charge in [-0.25, -0.2) is 0 Å². The summed E-state index contributed by atoms with van der Waals surface area (Å²) in [5, 5.41) is 0. The van der Waals surface area contributed by atoms with Gasteiger partial charge in [0.05, 0.1) is 13.2 Å². The molecule has 0 heterocycles. The molecule has 24 heavy (non-hydrogen) atoms. The molecule has 0 atom stereocenters. The van der Waals surface area contributed by atoms with Crippen molar-refractivity contribution >= 4 is 31.7 Å². The second-order valence-electron chi connectivity index (χ2n) is 4.22. The van der Waals surface area contributed by atoms with Gasteiger partial charge in [-0.3, -0.25) is 0 Å². The second-order valence-corrected chi connectivity index (χ2v) is 5.03. The van der Waals surface area contributed by atoms with Crippen LogP contribution in [0.1, 0.15) is 13.8 Å². The summed E-state index contributed by atoms with van der Waals surface area (Å²) in [5.74, 6) is 2.38. The predicted octanol–water partition coefficient (Wildman–Crippen LogP) is 0.152. The molecule has 0 fully saturated rings. The van der Waals surface area contributed by atoms with E-state index in [9.17, 15) is 4.89 Å². The third-order valence-corrected chi connectivity index (χ3v) is 3.35. The fourth-order valence-corrected chi connectivity index (χ4v) is 2.34. The van der Waals surface area contributed by atoms with Gasteiger partial charge in [-0.1, -0.05) is 0 Å². The number of halogens is 1. The topological polar surface area (TPSA) is 60.0 Å². The van der Waals surface area contributed by atoms with Crippen LogP contribution < -0.4 is 35.8 Å². The molecule has 0 aliphatic heterocycles. The van der Waals surface area contributed by atoms with Crippen LogP contribution in [0.2, 0.25) is 0 Å². The van der Waals surface area contributed by atoms with E-state index in [0.29, 0.717) is 24.7 Å². The largest absolute Gasteiger partial charge is 2.00 e. The number of hydrogen-bond acceptors (Lipinski definition) is 5. The Bertz CT molecular complexity index is 516. The maximum Gasteiger partial charge on any atom is 2.00 e. The molecule has 2 aromatic carbocycles. The normalized spacial score (nSPS) is 9.50. The molecule has 0 bridgehead atoms. The fraction of sp³-hybridized carbons (Fsp3) is 0.250. The van der Waals surface area contributed by atoms with Gasteiger partial charge < -0.3 is 35.8 Å². The summed E-state index contributed by atoms with van der Waals surface area (Å²) in [6.45, 7) is 5.00. The standard InChI is InChI=1S/C16H18O5P.ClH.Mg/c1-3-18-13-5-9-15(10-6-13)20-22(17)21-16-11-7-14(8-12-16)19-4-2;;/h5-12H,3-4H2,1-2H3;1H;/q-1;;+2/p-1. The molecule has 0 saturated carbocycles. The molecule has 8 heteroatoms. The first-order valence-corrected chi connectivity index (χ1v) is 8.09. The van der Waals surface area contributed by atoms with E-state index in [2.05, 4.69) is 0 Å². The molecule has 0 unspecified atom stereocenters. The fourth-order valence-electron chi connectivity index (χ4n) is 1.72. The van der Waals surface area contributed by atoms with Gasteiger partial charge in [-0.15, -0.1) is 0 Å². The predicted molar refractivity (Wildman–Crippen MR) is 89.2 cm³/mol. The van der Waals surface area contributed by atoms with Crippen LogP contribution in [0, 0.1) is 0 Å². The minimum absolute atomic E-state index is 0. The van der Waals surface area contributed by atoms with Gasteiger partial charge in [0.1, 0.15) is 23.0 Å². The summed E-state index contributed by atoms with van der Waals surface area (Å²) in [7, 11) is -2.30. The third kappa shape index (κ3) is 7.77. The van der Waals surface area contributed by atoms with Crippen molar-refractivity contribution in [1.29, 1.82) is 0 Å². The molecular weight excluding hydrogens is 363 g/mol. The molecule has 2 rings (SSSR count). The minimum Gasteiger partial charge on any atom is -1.00 e. The third-order valence-electron chi connectivity index (χ3n) is 2.63. The van der Waals surface area contributed by atoms with E-state index in [4.69, 9.17) is 18.5 Å². The average molecular weight is 381 g/mol. The Morgan fingerprint density at radius 3 is 1.29 bits per heavy atom. The van der Waals surface area contributed by atoms with Crippen molar-refractivity contribution in [3.63, 3.8) is 0 Å². The molecule has 0 spiro atoms. The summed E-state index contributed by atoms with van der Waals surface area (Å²) in [6, 6.07) is 13.7. The molecular formula is C16H18ClMgO5P. The van der Waals surface area contributed by atoms with Gasteiger partial charge in [0.25, 0.3) is 0 Å². The number of benzene rings is 2. The van der Waals surface area contributed by atoms with Crippen molar-refractivity contribution in [3.05, 3.63) is 48.5 Å². The Morgan fingerprint density at radius 1 is 0.708 bits per heavy atom. The molecule has 0 aromatic heterocycles. The van der Waals surface area contributed by atoms with Gasteiger partial charge in [0.2, 0.25) is 8.60 Å². The van der Waals surface area contributed by atoms with E-state index in [1.807, 2.05) is 13.8 Å². The van der Waals surface area contributed by atoms with E-state index >= 15 is 0 Å². The van der Waals surface area contributed by atoms with E-state index in [0.717, 1.165) is 11.5 Å². The number of hydrogen-bond donors (Lipinski definition) is 0. The maximum atomic E-state index is 11.8. The zero-order valence-electron chi connectivity index (χ0n) is 13.6. The van der Waals surface area contributed by atoms with Gasteiger partial charge >= 0.3 is 23.1 Å². The molecule has 0 amide bonds. The molecule has 2 aromatic rings. The summed E-state index contributed by atoms with van der Waals surface area (Å²) >= 11 is 0. The Morgan fingerprint density at radius 2 is 1.00 bits per heavy atom. The molecule has 0 saturated heterocycles. The Labute approximate surface area is 165 Å². The van der Waals surface area contributed by atoms with Gasteiger partial charge in [-0.2, -0.15) is 0 Å². The molecule has 126 valence electrons. The zero-order chi connectivity index (χ0) is 15.8. The Hall–Kier alpha value is -0.914. The van der Waals surface area contributed by atoms with Crippen molar-refractivity contribution in [3.8, 4) is 23.0 Å².